The molecule has 7 nitrogen and oxygen atoms in total. The van der Waals surface area contributed by atoms with Gasteiger partial charge in [-0.25, -0.2) is 10.6 Å². The molecule has 0 aromatic carbocycles. The molecule has 0 amide bonds. The van der Waals surface area contributed by atoms with E-state index in [0.29, 0.717) is 0 Å². The second-order valence-electron chi connectivity index (χ2n) is 1.42. The molecule has 0 aliphatic rings. The van der Waals surface area contributed by atoms with Crippen LogP contribution in [-0.4, -0.2) is 6.68 Å². The van der Waals surface area contributed by atoms with E-state index in [2.05, 4.69) is 6.57 Å². The van der Waals surface area contributed by atoms with Gasteiger partial charge in [0.15, 0.2) is 12.4 Å². The van der Waals surface area contributed by atoms with E-state index in [1.165, 1.54) is 30.6 Å². The maximum Gasteiger partial charge on any atom is 0.379 e. The SMILES string of the molecule is C#N.FC(F)F.N#CC(C#N)C#N.N#CNC#N. The number of nitrogens with one attached hydrogen (secondary N) is 1. The molecule has 92 valence electrons. The number of hydrogen-bond donors (Lipinski definition) is 1. The lowest BCUT2D eigenvalue weighted by atomic mass is 10.2. The van der Waals surface area contributed by atoms with Crippen LogP contribution in [0.15, 0.2) is 0 Å². The summed E-state index contributed by atoms with van der Waals surface area (Å²) < 4.78 is 29.0. The summed E-state index contributed by atoms with van der Waals surface area (Å²) >= 11 is 0. The zero-order valence-electron chi connectivity index (χ0n) is 8.55. The third kappa shape index (κ3) is 81.2. The Bertz CT molecular complexity index is 350. The lowest BCUT2D eigenvalue weighted by Crippen LogP contribution is -1.88. The van der Waals surface area contributed by atoms with Crippen LogP contribution in [0.1, 0.15) is 0 Å². The van der Waals surface area contributed by atoms with Crippen LogP contribution < -0.4 is 5.32 Å². The van der Waals surface area contributed by atoms with E-state index in [4.69, 9.17) is 31.6 Å². The topological polar surface area (TPSA) is 155 Å². The van der Waals surface area contributed by atoms with E-state index < -0.39 is 12.6 Å². The fourth-order valence-corrected chi connectivity index (χ4v) is 0.112. The Morgan fingerprint density at radius 3 is 1.00 bits per heavy atom. The Morgan fingerprint density at radius 2 is 1.00 bits per heavy atom. The summed E-state index contributed by atoms with van der Waals surface area (Å²) in [4.78, 5) is 0. The molecule has 0 unspecified atom stereocenters. The van der Waals surface area contributed by atoms with Gasteiger partial charge in [-0.2, -0.15) is 39.5 Å². The van der Waals surface area contributed by atoms with Crippen molar-refractivity contribution in [2.45, 2.75) is 6.68 Å². The molecule has 0 heterocycles. The van der Waals surface area contributed by atoms with Gasteiger partial charge in [-0.1, -0.05) is 0 Å². The number of hydrogen-bond acceptors (Lipinski definition) is 7. The van der Waals surface area contributed by atoms with Crippen molar-refractivity contribution in [2.24, 2.45) is 5.92 Å². The first-order chi connectivity index (χ1) is 8.49. The summed E-state index contributed by atoms with van der Waals surface area (Å²) in [5.41, 5.74) is 0. The van der Waals surface area contributed by atoms with Crippen LogP contribution >= 0.6 is 0 Å². The number of nitriles is 6. The van der Waals surface area contributed by atoms with Crippen molar-refractivity contribution in [2.75, 3.05) is 0 Å². The average molecular weight is 255 g/mol. The first-order valence-electron chi connectivity index (χ1n) is 3.40. The molecule has 18 heavy (non-hydrogen) atoms. The maximum absolute atomic E-state index is 9.67. The summed E-state index contributed by atoms with van der Waals surface area (Å²) in [6.45, 7) is -0.167. The molecule has 0 spiro atoms. The lowest BCUT2D eigenvalue weighted by molar-refractivity contribution is 0.00819. The van der Waals surface area contributed by atoms with Crippen LogP contribution in [0.5, 0.6) is 0 Å². The number of nitrogens with zero attached hydrogens (tertiary/aromatic N) is 6. The van der Waals surface area contributed by atoms with Gasteiger partial charge in [-0.3, -0.25) is 0 Å². The summed E-state index contributed by atoms with van der Waals surface area (Å²) in [7, 11) is 0. The molecule has 0 aliphatic heterocycles. The quantitative estimate of drug-likeness (QED) is 0.500. The normalized spacial score (nSPS) is 5.44. The second kappa shape index (κ2) is 29.2. The summed E-state index contributed by atoms with van der Waals surface area (Å²) in [5, 5.41) is 46.7. The van der Waals surface area contributed by atoms with Gasteiger partial charge >= 0.3 is 6.68 Å². The Labute approximate surface area is 101 Å². The Kier molecular flexibility index (Phi) is 38.9. The van der Waals surface area contributed by atoms with Crippen LogP contribution in [0.4, 0.5) is 13.2 Å². The van der Waals surface area contributed by atoms with Gasteiger partial charge in [-0.05, 0) is 0 Å². The molecular weight excluding hydrogens is 251 g/mol. The average Bonchev–Trinajstić information content (AvgIpc) is 2.35. The second-order valence-corrected chi connectivity index (χ2v) is 1.42. The molecule has 0 bridgehead atoms. The Hall–Kier alpha value is -3.47. The number of halogens is 3. The van der Waals surface area contributed by atoms with Gasteiger partial charge in [0.2, 0.25) is 5.92 Å². The van der Waals surface area contributed by atoms with Crippen molar-refractivity contribution in [3.05, 3.63) is 0 Å². The van der Waals surface area contributed by atoms with E-state index in [-0.39, 0.29) is 0 Å². The van der Waals surface area contributed by atoms with Gasteiger partial charge in [0.25, 0.3) is 0 Å². The maximum atomic E-state index is 9.67. The molecule has 0 aliphatic carbocycles. The van der Waals surface area contributed by atoms with Crippen molar-refractivity contribution in [1.29, 1.82) is 31.6 Å². The zero-order valence-corrected chi connectivity index (χ0v) is 8.55. The van der Waals surface area contributed by atoms with Crippen molar-refractivity contribution >= 4 is 0 Å². The minimum Gasteiger partial charge on any atom is -0.229 e. The van der Waals surface area contributed by atoms with Crippen molar-refractivity contribution in [1.82, 2.24) is 5.32 Å². The van der Waals surface area contributed by atoms with E-state index in [1.807, 2.05) is 0 Å². The zero-order chi connectivity index (χ0) is 15.4. The fourth-order valence-electron chi connectivity index (χ4n) is 0.112. The fraction of sp³-hybridized carbons (Fsp3) is 0.250. The van der Waals surface area contributed by atoms with Crippen molar-refractivity contribution in [3.63, 3.8) is 0 Å². The highest BCUT2D eigenvalue weighted by molar-refractivity contribution is 5.11. The van der Waals surface area contributed by atoms with Gasteiger partial charge in [0.05, 0.1) is 18.2 Å². The predicted octanol–water partition coefficient (Wildman–Crippen LogP) is 1.03. The lowest BCUT2D eigenvalue weighted by Gasteiger charge is -1.69. The monoisotopic (exact) mass is 255 g/mol. The van der Waals surface area contributed by atoms with Gasteiger partial charge < -0.3 is 0 Å². The smallest absolute Gasteiger partial charge is 0.229 e. The molecule has 0 fully saturated rings. The van der Waals surface area contributed by atoms with E-state index in [9.17, 15) is 13.2 Å². The van der Waals surface area contributed by atoms with Gasteiger partial charge in [-0.15, -0.1) is 0 Å². The van der Waals surface area contributed by atoms with Crippen LogP contribution in [-0.2, 0) is 0 Å². The van der Waals surface area contributed by atoms with Crippen LogP contribution in [0.25, 0.3) is 0 Å². The Morgan fingerprint density at radius 1 is 0.778 bits per heavy atom. The minimum atomic E-state index is -3.67. The number of alkyl halides is 3. The molecule has 10 heteroatoms. The predicted molar refractivity (Wildman–Crippen MR) is 48.5 cm³/mol. The van der Waals surface area contributed by atoms with Crippen molar-refractivity contribution < 1.29 is 13.2 Å². The molecule has 0 radical (unpaired) electrons. The highest BCUT2D eigenvalue weighted by Crippen LogP contribution is 1.87. The van der Waals surface area contributed by atoms with E-state index >= 15 is 0 Å². The van der Waals surface area contributed by atoms with Gasteiger partial charge in [0.1, 0.15) is 0 Å². The molecule has 0 saturated heterocycles. The largest absolute Gasteiger partial charge is 0.379 e. The van der Waals surface area contributed by atoms with E-state index in [1.54, 1.807) is 5.32 Å². The Balaban J connectivity index is -0.0000000791. The van der Waals surface area contributed by atoms with Crippen LogP contribution in [0.3, 0.4) is 0 Å². The molecule has 1 N–H and O–H groups in total. The summed E-state index contributed by atoms with van der Waals surface area (Å²) in [6, 6.07) is 4.44. The highest BCUT2D eigenvalue weighted by Gasteiger charge is 1.97. The third-order valence-electron chi connectivity index (χ3n) is 0.499. The van der Waals surface area contributed by atoms with Crippen LogP contribution in [0.2, 0.25) is 0 Å². The third-order valence-corrected chi connectivity index (χ3v) is 0.499. The molecule has 0 aromatic heterocycles. The standard InChI is InChI=1S/C4HN3.C2HN3.CHF3.CHN/c5-1-4(2-6)3-7;3-1-5-2-4;2-1(3)4;1-2/h4H;5H;1H;1H. The first kappa shape index (κ1) is 24.0. The minimum absolute atomic E-state index is 1.10. The van der Waals surface area contributed by atoms with Crippen molar-refractivity contribution in [3.8, 4) is 37.2 Å². The highest BCUT2D eigenvalue weighted by atomic mass is 19.4. The summed E-state index contributed by atoms with van der Waals surface area (Å²) in [5.74, 6) is -1.10. The molecular formula is C8H4F3N7. The van der Waals surface area contributed by atoms with Gasteiger partial charge in [0, 0.05) is 6.57 Å². The number of rotatable bonds is 0. The molecule has 0 saturated carbocycles. The first-order valence-corrected chi connectivity index (χ1v) is 3.40. The van der Waals surface area contributed by atoms with Crippen LogP contribution in [0, 0.1) is 74.7 Å². The summed E-state index contributed by atoms with van der Waals surface area (Å²) in [6.07, 6.45) is 2.81. The molecule has 0 atom stereocenters. The molecule has 0 aromatic rings. The van der Waals surface area contributed by atoms with E-state index in [0.717, 1.165) is 0 Å². The molecule has 0 rings (SSSR count).